The quantitative estimate of drug-likeness (QED) is 0.376. The maximum atomic E-state index is 12.4. The first kappa shape index (κ1) is 23.2. The van der Waals surface area contributed by atoms with Crippen molar-refractivity contribution < 1.29 is 14.7 Å². The zero-order valence-electron chi connectivity index (χ0n) is 18.1. The Hall–Kier alpha value is -3.08. The highest BCUT2D eigenvalue weighted by Gasteiger charge is 2.11. The molecule has 5 heteroatoms. The Morgan fingerprint density at radius 1 is 1.00 bits per heavy atom. The highest BCUT2D eigenvalue weighted by Crippen LogP contribution is 2.25. The van der Waals surface area contributed by atoms with E-state index in [9.17, 15) is 9.59 Å². The Bertz CT molecular complexity index is 872. The van der Waals surface area contributed by atoms with E-state index in [2.05, 4.69) is 12.2 Å². The lowest BCUT2D eigenvalue weighted by molar-refractivity contribution is -0.132. The molecule has 0 aliphatic rings. The maximum absolute atomic E-state index is 12.4. The zero-order valence-corrected chi connectivity index (χ0v) is 18.1. The summed E-state index contributed by atoms with van der Waals surface area (Å²) in [6.07, 6.45) is 7.47. The Balaban J connectivity index is 2.00. The van der Waals surface area contributed by atoms with Crippen molar-refractivity contribution in [1.82, 2.24) is 5.32 Å². The van der Waals surface area contributed by atoms with Crippen molar-refractivity contribution in [2.24, 2.45) is 0 Å². The Morgan fingerprint density at radius 3 is 2.37 bits per heavy atom. The van der Waals surface area contributed by atoms with E-state index in [4.69, 9.17) is 5.11 Å². The largest absolute Gasteiger partial charge is 0.478 e. The van der Waals surface area contributed by atoms with Gasteiger partial charge in [0.15, 0.2) is 0 Å². The lowest BCUT2D eigenvalue weighted by atomic mass is 10.0. The van der Waals surface area contributed by atoms with Gasteiger partial charge < -0.3 is 10.4 Å². The van der Waals surface area contributed by atoms with Crippen LogP contribution in [0.2, 0.25) is 0 Å². The average molecular weight is 409 g/mol. The lowest BCUT2D eigenvalue weighted by Gasteiger charge is -2.19. The van der Waals surface area contributed by atoms with E-state index in [0.29, 0.717) is 12.1 Å². The van der Waals surface area contributed by atoms with E-state index in [1.165, 1.54) is 19.3 Å². The third-order valence-corrected chi connectivity index (χ3v) is 5.06. The molecular weight excluding hydrogens is 376 g/mol. The second-order valence-electron chi connectivity index (χ2n) is 7.51. The summed E-state index contributed by atoms with van der Waals surface area (Å²) in [5.74, 6) is -0.922. The van der Waals surface area contributed by atoms with E-state index in [1.807, 2.05) is 48.5 Å². The average Bonchev–Trinajstić information content (AvgIpc) is 2.76. The van der Waals surface area contributed by atoms with E-state index in [-0.39, 0.29) is 6.03 Å². The summed E-state index contributed by atoms with van der Waals surface area (Å²) in [6.45, 7) is 4.46. The summed E-state index contributed by atoms with van der Waals surface area (Å²) in [6, 6.07) is 15.4. The SMILES string of the molecule is CCCCCCCNC(=O)N(C)c1cccc(-c2ccc(C=C(C)C(=O)O)cc2)c1. The number of urea groups is 1. The predicted molar refractivity (Wildman–Crippen MR) is 124 cm³/mol. The van der Waals surface area contributed by atoms with Crippen LogP contribution in [-0.4, -0.2) is 30.7 Å². The minimum Gasteiger partial charge on any atom is -0.478 e. The first-order valence-corrected chi connectivity index (χ1v) is 10.6. The first-order valence-electron chi connectivity index (χ1n) is 10.6. The van der Waals surface area contributed by atoms with Gasteiger partial charge in [-0.2, -0.15) is 0 Å². The molecule has 0 fully saturated rings. The molecule has 0 radical (unpaired) electrons. The van der Waals surface area contributed by atoms with Gasteiger partial charge in [-0.25, -0.2) is 9.59 Å². The van der Waals surface area contributed by atoms with Gasteiger partial charge in [0.2, 0.25) is 0 Å². The molecule has 0 spiro atoms. The van der Waals surface area contributed by atoms with Gasteiger partial charge in [0.1, 0.15) is 0 Å². The van der Waals surface area contributed by atoms with E-state index in [1.54, 1.807) is 24.9 Å². The predicted octanol–water partition coefficient (Wildman–Crippen LogP) is 5.96. The van der Waals surface area contributed by atoms with Crippen molar-refractivity contribution in [3.05, 3.63) is 59.7 Å². The summed E-state index contributed by atoms with van der Waals surface area (Å²) in [4.78, 5) is 25.0. The van der Waals surface area contributed by atoms with Crippen LogP contribution in [0.1, 0.15) is 51.5 Å². The molecule has 0 unspecified atom stereocenters. The molecule has 0 saturated heterocycles. The van der Waals surface area contributed by atoms with Gasteiger partial charge in [-0.15, -0.1) is 0 Å². The minimum absolute atomic E-state index is 0.104. The molecule has 0 aliphatic carbocycles. The number of hydrogen-bond donors (Lipinski definition) is 2. The molecular formula is C25H32N2O3. The van der Waals surface area contributed by atoms with E-state index >= 15 is 0 Å². The zero-order chi connectivity index (χ0) is 21.9. The van der Waals surface area contributed by atoms with Crippen LogP contribution in [0.4, 0.5) is 10.5 Å². The highest BCUT2D eigenvalue weighted by atomic mass is 16.4. The number of carboxylic acid groups (broad SMARTS) is 1. The second-order valence-corrected chi connectivity index (χ2v) is 7.51. The van der Waals surface area contributed by atoms with Crippen molar-refractivity contribution in [3.63, 3.8) is 0 Å². The summed E-state index contributed by atoms with van der Waals surface area (Å²) < 4.78 is 0. The van der Waals surface area contributed by atoms with Gasteiger partial charge in [0, 0.05) is 24.9 Å². The van der Waals surface area contributed by atoms with Crippen LogP contribution in [0.3, 0.4) is 0 Å². The van der Waals surface area contributed by atoms with Gasteiger partial charge in [-0.3, -0.25) is 4.90 Å². The number of anilines is 1. The number of aliphatic carboxylic acids is 1. The molecule has 0 bridgehead atoms. The van der Waals surface area contributed by atoms with Crippen molar-refractivity contribution in [1.29, 1.82) is 0 Å². The van der Waals surface area contributed by atoms with Crippen LogP contribution < -0.4 is 10.2 Å². The number of rotatable bonds is 10. The fourth-order valence-corrected chi connectivity index (χ4v) is 3.14. The third kappa shape index (κ3) is 7.07. The molecule has 0 aromatic heterocycles. The second kappa shape index (κ2) is 11.8. The molecule has 2 rings (SSSR count). The number of carbonyl (C=O) groups excluding carboxylic acids is 1. The monoisotopic (exact) mass is 408 g/mol. The summed E-state index contributed by atoms with van der Waals surface area (Å²) in [5.41, 5.74) is 3.96. The number of nitrogens with one attached hydrogen (secondary N) is 1. The molecule has 2 aromatic rings. The molecule has 0 heterocycles. The van der Waals surface area contributed by atoms with Crippen molar-refractivity contribution in [2.45, 2.75) is 46.0 Å². The van der Waals surface area contributed by atoms with Gasteiger partial charge in [-0.1, -0.05) is 69.0 Å². The minimum atomic E-state index is -0.922. The van der Waals surface area contributed by atoms with Gasteiger partial charge in [0.05, 0.1) is 0 Å². The molecule has 2 amide bonds. The number of unbranched alkanes of at least 4 members (excludes halogenated alkanes) is 4. The van der Waals surface area contributed by atoms with Crippen LogP contribution in [0.5, 0.6) is 0 Å². The number of benzene rings is 2. The molecule has 2 aromatic carbocycles. The molecule has 2 N–H and O–H groups in total. The number of amides is 2. The molecule has 5 nitrogen and oxygen atoms in total. The van der Waals surface area contributed by atoms with Crippen LogP contribution in [-0.2, 0) is 4.79 Å². The number of hydrogen-bond acceptors (Lipinski definition) is 2. The van der Waals surface area contributed by atoms with Gasteiger partial charge >= 0.3 is 12.0 Å². The lowest BCUT2D eigenvalue weighted by Crippen LogP contribution is -2.37. The van der Waals surface area contributed by atoms with E-state index < -0.39 is 5.97 Å². The first-order chi connectivity index (χ1) is 14.4. The van der Waals surface area contributed by atoms with Crippen LogP contribution in [0, 0.1) is 0 Å². The Morgan fingerprint density at radius 2 is 1.70 bits per heavy atom. The molecule has 0 aliphatic heterocycles. The summed E-state index contributed by atoms with van der Waals surface area (Å²) >= 11 is 0. The van der Waals surface area contributed by atoms with Crippen molar-refractivity contribution in [2.75, 3.05) is 18.5 Å². The van der Waals surface area contributed by atoms with Crippen LogP contribution >= 0.6 is 0 Å². The Kier molecular flexibility index (Phi) is 9.13. The molecule has 0 atom stereocenters. The summed E-state index contributed by atoms with van der Waals surface area (Å²) in [5, 5.41) is 12.0. The normalized spacial score (nSPS) is 11.2. The standard InChI is InChI=1S/C25H32N2O3/c1-4-5-6-7-8-16-26-25(30)27(3)23-11-9-10-22(18-23)21-14-12-20(13-15-21)17-19(2)24(28)29/h9-15,17-18H,4-8,16H2,1-3H3,(H,26,30)(H,28,29). The van der Waals surface area contributed by atoms with Crippen LogP contribution in [0.25, 0.3) is 17.2 Å². The Labute approximate surface area is 179 Å². The fourth-order valence-electron chi connectivity index (χ4n) is 3.14. The topological polar surface area (TPSA) is 69.6 Å². The maximum Gasteiger partial charge on any atom is 0.331 e. The van der Waals surface area contributed by atoms with Gasteiger partial charge in [0.25, 0.3) is 0 Å². The molecule has 30 heavy (non-hydrogen) atoms. The fraction of sp³-hybridized carbons (Fsp3) is 0.360. The van der Waals surface area contributed by atoms with Crippen molar-refractivity contribution in [3.8, 4) is 11.1 Å². The van der Waals surface area contributed by atoms with E-state index in [0.717, 1.165) is 35.2 Å². The number of nitrogens with zero attached hydrogens (tertiary/aromatic N) is 1. The number of carbonyl (C=O) groups is 2. The third-order valence-electron chi connectivity index (χ3n) is 5.06. The number of carboxylic acids is 1. The molecule has 0 saturated carbocycles. The van der Waals surface area contributed by atoms with Crippen LogP contribution in [0.15, 0.2) is 54.1 Å². The van der Waals surface area contributed by atoms with Gasteiger partial charge in [-0.05, 0) is 48.2 Å². The van der Waals surface area contributed by atoms with Crippen molar-refractivity contribution >= 4 is 23.8 Å². The summed E-state index contributed by atoms with van der Waals surface area (Å²) in [7, 11) is 1.77. The highest BCUT2D eigenvalue weighted by molar-refractivity contribution is 5.92. The molecule has 160 valence electrons. The smallest absolute Gasteiger partial charge is 0.331 e.